The van der Waals surface area contributed by atoms with Crippen LogP contribution in [0.5, 0.6) is 0 Å². The molecule has 0 aliphatic rings. The van der Waals surface area contributed by atoms with Gasteiger partial charge in [0.05, 0.1) is 22.8 Å². The summed E-state index contributed by atoms with van der Waals surface area (Å²) in [5, 5.41) is 8.39. The number of thioether (sulfide) groups is 1. The van der Waals surface area contributed by atoms with Crippen LogP contribution in [0.3, 0.4) is 0 Å². The first kappa shape index (κ1) is 21.2. The van der Waals surface area contributed by atoms with Crippen molar-refractivity contribution >= 4 is 27.6 Å². The minimum Gasteiger partial charge on any atom is -0.308 e. The number of Topliss-reactive ketones (excluding diaryl/α,β-unsaturated/α-hetero) is 1. The lowest BCUT2D eigenvalue weighted by Crippen LogP contribution is -2.24. The fourth-order valence-corrected chi connectivity index (χ4v) is 4.27. The molecule has 0 aliphatic heterocycles. The molecular weight excluding hydrogens is 415 g/mol. The van der Waals surface area contributed by atoms with Crippen molar-refractivity contribution in [2.45, 2.75) is 23.5 Å². The van der Waals surface area contributed by atoms with Crippen molar-refractivity contribution in [1.82, 2.24) is 19.5 Å². The van der Waals surface area contributed by atoms with Crippen molar-refractivity contribution in [3.63, 3.8) is 0 Å². The van der Waals surface area contributed by atoms with Crippen LogP contribution in [-0.2, 0) is 23.6 Å². The summed E-state index contributed by atoms with van der Waals surface area (Å²) >= 11 is 1.11. The van der Waals surface area contributed by atoms with Gasteiger partial charge in [-0.2, -0.15) is 0 Å². The first-order valence-electron chi connectivity index (χ1n) is 8.63. The number of carbonyl (C=O) groups is 1. The Balaban J connectivity index is 1.63. The van der Waals surface area contributed by atoms with E-state index in [-0.39, 0.29) is 28.5 Å². The molecule has 3 aromatic rings. The molecule has 0 bridgehead atoms. The summed E-state index contributed by atoms with van der Waals surface area (Å²) < 4.78 is 42.5. The van der Waals surface area contributed by atoms with E-state index >= 15 is 0 Å². The van der Waals surface area contributed by atoms with Gasteiger partial charge in [0.25, 0.3) is 0 Å². The molecule has 0 fully saturated rings. The molecule has 152 valence electrons. The number of halogens is 1. The van der Waals surface area contributed by atoms with Crippen LogP contribution in [0, 0.1) is 12.7 Å². The summed E-state index contributed by atoms with van der Waals surface area (Å²) in [5.74, 6) is -0.552. The van der Waals surface area contributed by atoms with Crippen molar-refractivity contribution in [2.24, 2.45) is 7.05 Å². The van der Waals surface area contributed by atoms with E-state index in [1.54, 1.807) is 29.8 Å². The molecule has 0 spiro atoms. The van der Waals surface area contributed by atoms with Crippen LogP contribution in [-0.4, -0.2) is 34.7 Å². The van der Waals surface area contributed by atoms with Crippen molar-refractivity contribution in [3.05, 3.63) is 71.3 Å². The third kappa shape index (κ3) is 5.08. The summed E-state index contributed by atoms with van der Waals surface area (Å²) in [6.45, 7) is 1.82. The van der Waals surface area contributed by atoms with E-state index in [9.17, 15) is 17.6 Å². The van der Waals surface area contributed by atoms with E-state index in [1.165, 1.54) is 30.3 Å². The first-order valence-corrected chi connectivity index (χ1v) is 11.1. The van der Waals surface area contributed by atoms with Gasteiger partial charge < -0.3 is 4.57 Å². The zero-order chi connectivity index (χ0) is 21.0. The molecule has 0 radical (unpaired) electrons. The zero-order valence-corrected chi connectivity index (χ0v) is 17.4. The van der Waals surface area contributed by atoms with E-state index in [4.69, 9.17) is 0 Å². The maximum absolute atomic E-state index is 13.7. The van der Waals surface area contributed by atoms with Gasteiger partial charge >= 0.3 is 0 Å². The molecule has 0 saturated carbocycles. The van der Waals surface area contributed by atoms with E-state index < -0.39 is 15.8 Å². The zero-order valence-electron chi connectivity index (χ0n) is 15.8. The molecule has 0 aliphatic carbocycles. The number of aryl methyl sites for hydroxylation is 1. The second-order valence-electron chi connectivity index (χ2n) is 6.29. The van der Waals surface area contributed by atoms with Gasteiger partial charge in [0.2, 0.25) is 10.0 Å². The van der Waals surface area contributed by atoms with Gasteiger partial charge in [-0.15, -0.1) is 10.2 Å². The van der Waals surface area contributed by atoms with Crippen LogP contribution in [0.15, 0.2) is 58.6 Å². The first-order chi connectivity index (χ1) is 13.8. The van der Waals surface area contributed by atoms with Crippen LogP contribution in [0.1, 0.15) is 21.7 Å². The van der Waals surface area contributed by atoms with Gasteiger partial charge in [0, 0.05) is 7.05 Å². The van der Waals surface area contributed by atoms with Crippen molar-refractivity contribution in [1.29, 1.82) is 0 Å². The highest BCUT2D eigenvalue weighted by atomic mass is 32.2. The monoisotopic (exact) mass is 434 g/mol. The minimum absolute atomic E-state index is 0.0119. The lowest BCUT2D eigenvalue weighted by Gasteiger charge is -2.07. The highest BCUT2D eigenvalue weighted by Crippen LogP contribution is 2.19. The van der Waals surface area contributed by atoms with E-state index in [0.717, 1.165) is 17.3 Å². The number of aromatic nitrogens is 3. The molecular formula is C19H19FN4O3S2. The number of benzene rings is 2. The molecule has 7 nitrogen and oxygen atoms in total. The predicted molar refractivity (Wildman–Crippen MR) is 108 cm³/mol. The number of nitrogens with one attached hydrogen (secondary N) is 1. The van der Waals surface area contributed by atoms with Crippen molar-refractivity contribution in [3.8, 4) is 0 Å². The van der Waals surface area contributed by atoms with Gasteiger partial charge in [-0.1, -0.05) is 41.6 Å². The Labute approximate surface area is 172 Å². The largest absolute Gasteiger partial charge is 0.308 e. The summed E-state index contributed by atoms with van der Waals surface area (Å²) in [6.07, 6.45) is 0. The Bertz CT molecular complexity index is 1130. The number of nitrogens with zero attached hydrogens (tertiary/aromatic N) is 3. The second kappa shape index (κ2) is 8.85. The van der Waals surface area contributed by atoms with Crippen LogP contribution in [0.25, 0.3) is 0 Å². The van der Waals surface area contributed by atoms with Gasteiger partial charge in [0.15, 0.2) is 10.9 Å². The Morgan fingerprint density at radius 2 is 1.83 bits per heavy atom. The van der Waals surface area contributed by atoms with Crippen molar-refractivity contribution < 1.29 is 17.6 Å². The molecule has 3 rings (SSSR count). The molecule has 1 N–H and O–H groups in total. The fraction of sp³-hybridized carbons (Fsp3) is 0.211. The van der Waals surface area contributed by atoms with Crippen molar-refractivity contribution in [2.75, 3.05) is 5.75 Å². The quantitative estimate of drug-likeness (QED) is 0.433. The standard InChI is InChI=1S/C19H19FN4O3S2/c1-13-7-9-14(10-8-13)29(26,27)21-11-18-22-23-19(24(18)2)28-12-17(25)15-5-3-4-6-16(15)20/h3-10,21H,11-12H2,1-2H3. The van der Waals surface area contributed by atoms with E-state index in [0.29, 0.717) is 11.0 Å². The number of rotatable bonds is 8. The van der Waals surface area contributed by atoms with Crippen LogP contribution < -0.4 is 4.72 Å². The molecule has 0 amide bonds. The maximum Gasteiger partial charge on any atom is 0.240 e. The van der Waals surface area contributed by atoms with Crippen LogP contribution in [0.4, 0.5) is 4.39 Å². The number of hydrogen-bond donors (Lipinski definition) is 1. The van der Waals surface area contributed by atoms with Gasteiger partial charge in [-0.25, -0.2) is 17.5 Å². The number of hydrogen-bond acceptors (Lipinski definition) is 6. The predicted octanol–water partition coefficient (Wildman–Crippen LogP) is 2.72. The summed E-state index contributed by atoms with van der Waals surface area (Å²) in [5.41, 5.74) is 0.983. The molecule has 1 heterocycles. The maximum atomic E-state index is 13.7. The molecule has 2 aromatic carbocycles. The van der Waals surface area contributed by atoms with E-state index in [2.05, 4.69) is 14.9 Å². The second-order valence-corrected chi connectivity index (χ2v) is 9.00. The Morgan fingerprint density at radius 1 is 1.14 bits per heavy atom. The van der Waals surface area contributed by atoms with Gasteiger partial charge in [-0.05, 0) is 31.2 Å². The van der Waals surface area contributed by atoms with Crippen LogP contribution in [0.2, 0.25) is 0 Å². The topological polar surface area (TPSA) is 94.0 Å². The summed E-state index contributed by atoms with van der Waals surface area (Å²) in [6, 6.07) is 12.3. The summed E-state index contributed by atoms with van der Waals surface area (Å²) in [7, 11) is -2.01. The van der Waals surface area contributed by atoms with Crippen LogP contribution >= 0.6 is 11.8 Å². The average Bonchev–Trinajstić information content (AvgIpc) is 3.05. The lowest BCUT2D eigenvalue weighted by molar-refractivity contribution is 0.101. The highest BCUT2D eigenvalue weighted by Gasteiger charge is 2.18. The fourth-order valence-electron chi connectivity index (χ4n) is 2.48. The number of sulfonamides is 1. The van der Waals surface area contributed by atoms with Gasteiger partial charge in [-0.3, -0.25) is 4.79 Å². The smallest absolute Gasteiger partial charge is 0.240 e. The summed E-state index contributed by atoms with van der Waals surface area (Å²) in [4.78, 5) is 12.3. The molecule has 0 atom stereocenters. The molecule has 0 saturated heterocycles. The average molecular weight is 435 g/mol. The number of carbonyl (C=O) groups excluding carboxylic acids is 1. The van der Waals surface area contributed by atoms with Gasteiger partial charge in [0.1, 0.15) is 11.6 Å². The Hall–Kier alpha value is -2.56. The normalized spacial score (nSPS) is 11.6. The molecule has 10 heteroatoms. The minimum atomic E-state index is -3.68. The molecule has 1 aromatic heterocycles. The third-order valence-corrected chi connectivity index (χ3v) is 6.62. The Morgan fingerprint density at radius 3 is 2.52 bits per heavy atom. The SMILES string of the molecule is Cc1ccc(S(=O)(=O)NCc2nnc(SCC(=O)c3ccccc3F)n2C)cc1. The Kier molecular flexibility index (Phi) is 6.46. The number of ketones is 1. The van der Waals surface area contributed by atoms with E-state index in [1.807, 2.05) is 6.92 Å². The third-order valence-electron chi connectivity index (χ3n) is 4.18. The molecule has 29 heavy (non-hydrogen) atoms. The molecule has 0 unspecified atom stereocenters. The highest BCUT2D eigenvalue weighted by molar-refractivity contribution is 7.99. The lowest BCUT2D eigenvalue weighted by atomic mass is 10.1.